The maximum absolute atomic E-state index is 13.7. The summed E-state index contributed by atoms with van der Waals surface area (Å²) < 4.78 is 13.7. The third kappa shape index (κ3) is 4.47. The Morgan fingerprint density at radius 1 is 1.03 bits per heavy atom. The van der Waals surface area contributed by atoms with Crippen molar-refractivity contribution in [2.45, 2.75) is 38.0 Å². The van der Waals surface area contributed by atoms with Crippen LogP contribution in [0.5, 0.6) is 0 Å². The molecule has 6 nitrogen and oxygen atoms in total. The maximum Gasteiger partial charge on any atom is 0.225 e. The zero-order chi connectivity index (χ0) is 21.9. The van der Waals surface area contributed by atoms with Crippen LogP contribution in [0, 0.1) is 11.7 Å². The number of aromatic nitrogens is 3. The van der Waals surface area contributed by atoms with Crippen LogP contribution in [0.25, 0.3) is 11.3 Å². The molecule has 1 N–H and O–H groups in total. The predicted molar refractivity (Wildman–Crippen MR) is 121 cm³/mol. The zero-order valence-corrected chi connectivity index (χ0v) is 17.9. The van der Waals surface area contributed by atoms with E-state index in [2.05, 4.69) is 10.3 Å². The van der Waals surface area contributed by atoms with Gasteiger partial charge in [0.25, 0.3) is 0 Å². The van der Waals surface area contributed by atoms with Crippen LogP contribution in [0.15, 0.2) is 54.9 Å². The van der Waals surface area contributed by atoms with Crippen LogP contribution in [0.4, 0.5) is 15.9 Å². The van der Waals surface area contributed by atoms with Crippen LogP contribution in [-0.2, 0) is 4.79 Å². The molecule has 2 fully saturated rings. The Balaban J connectivity index is 1.42. The number of nitrogens with one attached hydrogen (secondary N) is 1. The predicted octanol–water partition coefficient (Wildman–Crippen LogP) is 4.93. The summed E-state index contributed by atoms with van der Waals surface area (Å²) in [4.78, 5) is 28.6. The van der Waals surface area contributed by atoms with Gasteiger partial charge >= 0.3 is 0 Å². The molecule has 0 bridgehead atoms. The first-order chi connectivity index (χ1) is 15.7. The van der Waals surface area contributed by atoms with Gasteiger partial charge in [0.1, 0.15) is 17.5 Å². The number of rotatable bonds is 5. The van der Waals surface area contributed by atoms with Crippen LogP contribution in [-0.4, -0.2) is 38.8 Å². The standard InChI is InChI=1S/C25H26FN5O/c26-20-6-3-7-21(14-20)28-23-15-22(17-8-11-27-12-9-17)29-24(30-23)19-10-13-31(16-19)25(32)18-4-1-2-5-18/h3,6-9,11-12,14-15,18-19H,1-2,4-5,10,13,16H2,(H,28,29,30)/t19-/m1/s1. The number of nitrogens with zero attached hydrogens (tertiary/aromatic N) is 4. The number of halogens is 1. The van der Waals surface area contributed by atoms with Gasteiger partial charge in [-0.3, -0.25) is 9.78 Å². The third-order valence-electron chi connectivity index (χ3n) is 6.39. The summed E-state index contributed by atoms with van der Waals surface area (Å²) in [5.74, 6) is 1.55. The number of carbonyl (C=O) groups excluding carboxylic acids is 1. The van der Waals surface area contributed by atoms with Crippen molar-refractivity contribution < 1.29 is 9.18 Å². The Hall–Kier alpha value is -3.35. The van der Waals surface area contributed by atoms with Gasteiger partial charge in [-0.05, 0) is 49.6 Å². The highest BCUT2D eigenvalue weighted by atomic mass is 19.1. The van der Waals surface area contributed by atoms with Gasteiger partial charge in [0.15, 0.2) is 0 Å². The number of amides is 1. The summed E-state index contributed by atoms with van der Waals surface area (Å²) in [7, 11) is 0. The highest BCUT2D eigenvalue weighted by Gasteiger charge is 2.34. The van der Waals surface area contributed by atoms with Gasteiger partial charge < -0.3 is 10.2 Å². The average Bonchev–Trinajstić information content (AvgIpc) is 3.52. The van der Waals surface area contributed by atoms with Crippen LogP contribution < -0.4 is 5.32 Å². The molecule has 32 heavy (non-hydrogen) atoms. The molecule has 0 spiro atoms. The van der Waals surface area contributed by atoms with E-state index < -0.39 is 0 Å². The average molecular weight is 432 g/mol. The summed E-state index contributed by atoms with van der Waals surface area (Å²) >= 11 is 0. The Kier molecular flexibility index (Phi) is 5.79. The molecule has 0 unspecified atom stereocenters. The van der Waals surface area contributed by atoms with Crippen molar-refractivity contribution >= 4 is 17.4 Å². The van der Waals surface area contributed by atoms with Gasteiger partial charge in [0.05, 0.1) is 5.69 Å². The summed E-state index contributed by atoms with van der Waals surface area (Å²) in [5.41, 5.74) is 2.33. The van der Waals surface area contributed by atoms with Gasteiger partial charge in [-0.15, -0.1) is 0 Å². The Labute approximate surface area is 186 Å². The molecule has 1 aliphatic heterocycles. The van der Waals surface area contributed by atoms with E-state index in [1.54, 1.807) is 24.5 Å². The van der Waals surface area contributed by atoms with E-state index in [4.69, 9.17) is 9.97 Å². The van der Waals surface area contributed by atoms with Crippen molar-refractivity contribution in [2.75, 3.05) is 18.4 Å². The fraction of sp³-hybridized carbons (Fsp3) is 0.360. The lowest BCUT2D eigenvalue weighted by Gasteiger charge is -2.20. The minimum atomic E-state index is -0.310. The second-order valence-electron chi connectivity index (χ2n) is 8.62. The first kappa shape index (κ1) is 20.5. The molecule has 2 aromatic heterocycles. The summed E-state index contributed by atoms with van der Waals surface area (Å²) in [6.07, 6.45) is 8.63. The number of pyridine rings is 1. The number of carbonyl (C=O) groups is 1. The Bertz CT molecular complexity index is 1100. The number of hydrogen-bond acceptors (Lipinski definition) is 5. The smallest absolute Gasteiger partial charge is 0.225 e. The number of hydrogen-bond donors (Lipinski definition) is 1. The van der Waals surface area contributed by atoms with Crippen molar-refractivity contribution in [3.05, 3.63) is 66.5 Å². The largest absolute Gasteiger partial charge is 0.342 e. The summed E-state index contributed by atoms with van der Waals surface area (Å²) in [6.45, 7) is 1.39. The monoisotopic (exact) mass is 431 g/mol. The summed E-state index contributed by atoms with van der Waals surface area (Å²) in [5, 5.41) is 3.21. The van der Waals surface area contributed by atoms with E-state index in [-0.39, 0.29) is 23.6 Å². The number of benzene rings is 1. The SMILES string of the molecule is O=C(C1CCCC1)N1CC[C@@H](c2nc(Nc3cccc(F)c3)cc(-c3ccncc3)n2)C1. The van der Waals surface area contributed by atoms with Crippen molar-refractivity contribution in [2.24, 2.45) is 5.92 Å². The van der Waals surface area contributed by atoms with Gasteiger partial charge in [0.2, 0.25) is 5.91 Å². The van der Waals surface area contributed by atoms with Crippen molar-refractivity contribution in [3.63, 3.8) is 0 Å². The second-order valence-corrected chi connectivity index (χ2v) is 8.62. The Morgan fingerprint density at radius 3 is 2.62 bits per heavy atom. The Morgan fingerprint density at radius 2 is 1.84 bits per heavy atom. The maximum atomic E-state index is 13.7. The van der Waals surface area contributed by atoms with E-state index in [9.17, 15) is 9.18 Å². The van der Waals surface area contributed by atoms with Crippen molar-refractivity contribution in [1.29, 1.82) is 0 Å². The van der Waals surface area contributed by atoms with E-state index in [1.807, 2.05) is 23.1 Å². The van der Waals surface area contributed by atoms with Gasteiger partial charge in [-0.25, -0.2) is 14.4 Å². The molecule has 1 atom stereocenters. The molecule has 7 heteroatoms. The van der Waals surface area contributed by atoms with E-state index in [0.29, 0.717) is 23.9 Å². The minimum Gasteiger partial charge on any atom is -0.342 e. The van der Waals surface area contributed by atoms with Crippen molar-refractivity contribution in [1.82, 2.24) is 19.9 Å². The zero-order valence-electron chi connectivity index (χ0n) is 17.9. The van der Waals surface area contributed by atoms with Crippen LogP contribution in [0.2, 0.25) is 0 Å². The highest BCUT2D eigenvalue weighted by Crippen LogP contribution is 2.33. The van der Waals surface area contributed by atoms with Crippen LogP contribution in [0.1, 0.15) is 43.8 Å². The lowest BCUT2D eigenvalue weighted by Crippen LogP contribution is -2.33. The van der Waals surface area contributed by atoms with Gasteiger partial charge in [0, 0.05) is 54.6 Å². The fourth-order valence-electron chi connectivity index (χ4n) is 4.70. The molecular formula is C25H26FN5O. The quantitative estimate of drug-likeness (QED) is 0.620. The minimum absolute atomic E-state index is 0.0789. The first-order valence-corrected chi connectivity index (χ1v) is 11.3. The van der Waals surface area contributed by atoms with Crippen molar-refractivity contribution in [3.8, 4) is 11.3 Å². The lowest BCUT2D eigenvalue weighted by molar-refractivity contribution is -0.134. The summed E-state index contributed by atoms with van der Waals surface area (Å²) in [6, 6.07) is 12.0. The molecule has 1 saturated heterocycles. The van der Waals surface area contributed by atoms with E-state index >= 15 is 0 Å². The number of likely N-dealkylation sites (tertiary alicyclic amines) is 1. The molecule has 1 saturated carbocycles. The second kappa shape index (κ2) is 9.02. The van der Waals surface area contributed by atoms with Crippen LogP contribution >= 0.6 is 0 Å². The molecule has 1 amide bonds. The third-order valence-corrected chi connectivity index (χ3v) is 6.39. The normalized spacial score (nSPS) is 18.8. The topological polar surface area (TPSA) is 71.0 Å². The number of anilines is 2. The van der Waals surface area contributed by atoms with Gasteiger partial charge in [-0.1, -0.05) is 18.9 Å². The molecule has 3 aromatic rings. The molecule has 0 radical (unpaired) electrons. The molecule has 1 aliphatic carbocycles. The molecule has 2 aliphatic rings. The first-order valence-electron chi connectivity index (χ1n) is 11.3. The molecule has 3 heterocycles. The van der Waals surface area contributed by atoms with E-state index in [0.717, 1.165) is 49.9 Å². The van der Waals surface area contributed by atoms with Crippen LogP contribution in [0.3, 0.4) is 0 Å². The molecule has 5 rings (SSSR count). The molecular weight excluding hydrogens is 405 g/mol. The highest BCUT2D eigenvalue weighted by molar-refractivity contribution is 5.79. The fourth-order valence-corrected chi connectivity index (χ4v) is 4.70. The van der Waals surface area contributed by atoms with Gasteiger partial charge in [-0.2, -0.15) is 0 Å². The van der Waals surface area contributed by atoms with E-state index in [1.165, 1.54) is 12.1 Å². The molecule has 164 valence electrons. The lowest BCUT2D eigenvalue weighted by atomic mass is 10.1. The molecule has 1 aromatic carbocycles.